The third-order valence-electron chi connectivity index (χ3n) is 4.70. The van der Waals surface area contributed by atoms with Gasteiger partial charge in [-0.1, -0.05) is 50.5 Å². The monoisotopic (exact) mass is 316 g/mol. The minimum Gasteiger partial charge on any atom is -0.295 e. The van der Waals surface area contributed by atoms with E-state index in [0.29, 0.717) is 18.1 Å². The lowest BCUT2D eigenvalue weighted by molar-refractivity contribution is -0.116. The fourth-order valence-corrected chi connectivity index (χ4v) is 2.91. The number of carbonyl (C=O) groups is 2. The lowest BCUT2D eigenvalue weighted by Crippen LogP contribution is -2.14. The first-order valence-electron chi connectivity index (χ1n) is 9.03. The number of Topliss-reactive ketones (excluding diaryl/α,β-unsaturated/α-hetero) is 2. The van der Waals surface area contributed by atoms with Crippen LogP contribution in [0.3, 0.4) is 0 Å². The standard InChI is InChI=1S/C11H18O.C10H14O/c1-2-3-4-5-7-10-8-6-9-11(10)12;1-7(2)9-5-4-8(3)10(11)6-9/h8H,2-7,9H2,1H3;4,9H,1,5-6H2,2-3H3. The van der Waals surface area contributed by atoms with E-state index in [1.54, 1.807) is 0 Å². The predicted molar refractivity (Wildman–Crippen MR) is 97.4 cm³/mol. The van der Waals surface area contributed by atoms with Crippen LogP contribution >= 0.6 is 0 Å². The summed E-state index contributed by atoms with van der Waals surface area (Å²) >= 11 is 0. The van der Waals surface area contributed by atoms with Crippen molar-refractivity contribution in [1.82, 2.24) is 0 Å². The van der Waals surface area contributed by atoms with E-state index < -0.39 is 0 Å². The Kier molecular flexibility index (Phi) is 8.83. The Labute approximate surface area is 141 Å². The average Bonchev–Trinajstić information content (AvgIpc) is 2.92. The van der Waals surface area contributed by atoms with Crippen molar-refractivity contribution < 1.29 is 9.59 Å². The van der Waals surface area contributed by atoms with E-state index in [1.165, 1.54) is 25.7 Å². The van der Waals surface area contributed by atoms with E-state index in [9.17, 15) is 9.59 Å². The second kappa shape index (κ2) is 10.4. The van der Waals surface area contributed by atoms with Crippen LogP contribution in [0.25, 0.3) is 0 Å². The van der Waals surface area contributed by atoms with E-state index in [1.807, 2.05) is 19.9 Å². The van der Waals surface area contributed by atoms with Gasteiger partial charge in [-0.25, -0.2) is 0 Å². The highest BCUT2D eigenvalue weighted by atomic mass is 16.1. The summed E-state index contributed by atoms with van der Waals surface area (Å²) in [7, 11) is 0. The van der Waals surface area contributed by atoms with Crippen molar-refractivity contribution >= 4 is 11.6 Å². The van der Waals surface area contributed by atoms with E-state index in [-0.39, 0.29) is 5.78 Å². The van der Waals surface area contributed by atoms with Gasteiger partial charge in [-0.15, -0.1) is 0 Å². The Bertz CT molecular complexity index is 494. The third kappa shape index (κ3) is 7.11. The summed E-state index contributed by atoms with van der Waals surface area (Å²) < 4.78 is 0. The molecule has 0 fully saturated rings. The first kappa shape index (κ1) is 19.6. The molecule has 1 atom stereocenters. The van der Waals surface area contributed by atoms with Crippen LogP contribution in [0.1, 0.15) is 78.6 Å². The van der Waals surface area contributed by atoms with Crippen molar-refractivity contribution in [2.24, 2.45) is 5.92 Å². The summed E-state index contributed by atoms with van der Waals surface area (Å²) in [4.78, 5) is 22.4. The molecule has 0 heterocycles. The molecule has 0 radical (unpaired) electrons. The predicted octanol–water partition coefficient (Wildman–Crippen LogP) is 5.73. The summed E-state index contributed by atoms with van der Waals surface area (Å²) in [6.07, 6.45) is 13.6. The Hall–Kier alpha value is -1.44. The van der Waals surface area contributed by atoms with Gasteiger partial charge < -0.3 is 0 Å². The lowest BCUT2D eigenvalue weighted by atomic mass is 9.85. The zero-order valence-electron chi connectivity index (χ0n) is 15.1. The molecule has 0 saturated carbocycles. The first-order chi connectivity index (χ1) is 11.0. The van der Waals surface area contributed by atoms with Gasteiger partial charge >= 0.3 is 0 Å². The maximum atomic E-state index is 11.2. The topological polar surface area (TPSA) is 34.1 Å². The zero-order valence-corrected chi connectivity index (χ0v) is 15.1. The number of rotatable bonds is 6. The van der Waals surface area contributed by atoms with Crippen molar-refractivity contribution in [2.45, 2.75) is 78.6 Å². The van der Waals surface area contributed by atoms with Gasteiger partial charge in [0.25, 0.3) is 0 Å². The molecule has 1 unspecified atom stereocenters. The number of allylic oxidation sites excluding steroid dienone is 5. The Morgan fingerprint density at radius 1 is 1.17 bits per heavy atom. The van der Waals surface area contributed by atoms with Crippen LogP contribution < -0.4 is 0 Å². The number of hydrogen-bond donors (Lipinski definition) is 0. The summed E-state index contributed by atoms with van der Waals surface area (Å²) in [5.74, 6) is 1.07. The normalized spacial score (nSPS) is 20.6. The molecule has 2 rings (SSSR count). The van der Waals surface area contributed by atoms with Gasteiger partial charge in [-0.2, -0.15) is 0 Å². The Morgan fingerprint density at radius 2 is 1.91 bits per heavy atom. The summed E-state index contributed by atoms with van der Waals surface area (Å²) in [6, 6.07) is 0. The maximum absolute atomic E-state index is 11.2. The molecule has 0 saturated heterocycles. The van der Waals surface area contributed by atoms with Crippen LogP contribution in [0.5, 0.6) is 0 Å². The molecule has 23 heavy (non-hydrogen) atoms. The summed E-state index contributed by atoms with van der Waals surface area (Å²) in [6.45, 7) is 9.94. The van der Waals surface area contributed by atoms with Gasteiger partial charge in [0.2, 0.25) is 0 Å². The molecule has 0 aromatic carbocycles. The Balaban J connectivity index is 0.000000231. The highest BCUT2D eigenvalue weighted by molar-refractivity contribution is 5.97. The average molecular weight is 316 g/mol. The van der Waals surface area contributed by atoms with Crippen molar-refractivity contribution in [3.8, 4) is 0 Å². The van der Waals surface area contributed by atoms with Crippen LogP contribution in [0.4, 0.5) is 0 Å². The first-order valence-corrected chi connectivity index (χ1v) is 9.03. The zero-order chi connectivity index (χ0) is 17.2. The minimum atomic E-state index is 0.282. The molecule has 0 spiro atoms. The number of hydrogen-bond acceptors (Lipinski definition) is 2. The SMILES string of the molecule is C=C(C)C1CC=C(C)C(=O)C1.CCCCCCC1=CCCC1=O. The fraction of sp³-hybridized carbons (Fsp3) is 0.619. The molecule has 0 aliphatic heterocycles. The number of unbranched alkanes of at least 4 members (excludes halogenated alkanes) is 3. The van der Waals surface area contributed by atoms with E-state index >= 15 is 0 Å². The van der Waals surface area contributed by atoms with E-state index in [2.05, 4.69) is 19.6 Å². The van der Waals surface area contributed by atoms with E-state index in [4.69, 9.17) is 0 Å². The quantitative estimate of drug-likeness (QED) is 0.463. The smallest absolute Gasteiger partial charge is 0.158 e. The molecule has 128 valence electrons. The van der Waals surface area contributed by atoms with Crippen molar-refractivity contribution in [3.63, 3.8) is 0 Å². The summed E-state index contributed by atoms with van der Waals surface area (Å²) in [5, 5.41) is 0. The third-order valence-corrected chi connectivity index (χ3v) is 4.70. The molecule has 0 amide bonds. The molecule has 2 aliphatic rings. The number of carbonyl (C=O) groups excluding carboxylic acids is 2. The second-order valence-corrected chi connectivity index (χ2v) is 6.80. The number of ketones is 2. The molecule has 0 aromatic heterocycles. The van der Waals surface area contributed by atoms with Gasteiger partial charge in [0.1, 0.15) is 0 Å². The second-order valence-electron chi connectivity index (χ2n) is 6.80. The molecular formula is C21H32O2. The van der Waals surface area contributed by atoms with Crippen LogP contribution in [0.2, 0.25) is 0 Å². The summed E-state index contributed by atoms with van der Waals surface area (Å²) in [5.41, 5.74) is 3.15. The molecule has 0 N–H and O–H groups in total. The molecular weight excluding hydrogens is 284 g/mol. The molecule has 0 bridgehead atoms. The largest absolute Gasteiger partial charge is 0.295 e. The molecule has 2 nitrogen and oxygen atoms in total. The van der Waals surface area contributed by atoms with Gasteiger partial charge in [0.05, 0.1) is 0 Å². The molecule has 2 aliphatic carbocycles. The minimum absolute atomic E-state index is 0.282. The van der Waals surface area contributed by atoms with Crippen LogP contribution in [-0.4, -0.2) is 11.6 Å². The Morgan fingerprint density at radius 3 is 2.43 bits per heavy atom. The highest BCUT2D eigenvalue weighted by Gasteiger charge is 2.19. The fourth-order valence-electron chi connectivity index (χ4n) is 2.91. The molecule has 0 aromatic rings. The lowest BCUT2D eigenvalue weighted by Gasteiger charge is -2.18. The highest BCUT2D eigenvalue weighted by Crippen LogP contribution is 2.25. The molecule has 2 heteroatoms. The van der Waals surface area contributed by atoms with Gasteiger partial charge in [-0.3, -0.25) is 9.59 Å². The van der Waals surface area contributed by atoms with Crippen molar-refractivity contribution in [2.75, 3.05) is 0 Å². The van der Waals surface area contributed by atoms with Gasteiger partial charge in [0, 0.05) is 12.8 Å². The van der Waals surface area contributed by atoms with Crippen LogP contribution in [-0.2, 0) is 9.59 Å². The van der Waals surface area contributed by atoms with Crippen molar-refractivity contribution in [3.05, 3.63) is 35.5 Å². The van der Waals surface area contributed by atoms with Crippen LogP contribution in [0, 0.1) is 5.92 Å². The van der Waals surface area contributed by atoms with Gasteiger partial charge in [0.15, 0.2) is 11.6 Å². The van der Waals surface area contributed by atoms with Crippen LogP contribution in [0.15, 0.2) is 35.5 Å². The van der Waals surface area contributed by atoms with Crippen molar-refractivity contribution in [1.29, 1.82) is 0 Å². The maximum Gasteiger partial charge on any atom is 0.158 e. The van der Waals surface area contributed by atoms with E-state index in [0.717, 1.165) is 42.4 Å². The van der Waals surface area contributed by atoms with Gasteiger partial charge in [-0.05, 0) is 56.6 Å².